The van der Waals surface area contributed by atoms with E-state index in [-0.39, 0.29) is 18.4 Å². The highest BCUT2D eigenvalue weighted by Crippen LogP contribution is 2.14. The second-order valence-corrected chi connectivity index (χ2v) is 10.7. The number of aliphatic hydroxyl groups is 1. The number of nitrogens with one attached hydrogen (secondary N) is 2. The quantitative estimate of drug-likeness (QED) is 0.222. The van der Waals surface area contributed by atoms with Gasteiger partial charge in [-0.1, -0.05) is 48.0 Å². The summed E-state index contributed by atoms with van der Waals surface area (Å²) in [6.07, 6.45) is 0.758. The largest absolute Gasteiger partial charge is 0.392 e. The van der Waals surface area contributed by atoms with Crippen LogP contribution in [0.5, 0.6) is 0 Å². The molecule has 4 aromatic rings. The molecule has 3 N–H and O–H groups in total. The molecule has 2 amide bonds. The van der Waals surface area contributed by atoms with E-state index >= 15 is 0 Å². The van der Waals surface area contributed by atoms with E-state index in [9.17, 15) is 14.7 Å². The van der Waals surface area contributed by atoms with Crippen molar-refractivity contribution in [3.05, 3.63) is 116 Å². The van der Waals surface area contributed by atoms with Gasteiger partial charge in [-0.05, 0) is 63.6 Å². The summed E-state index contributed by atoms with van der Waals surface area (Å²) >= 11 is 1.53. The van der Waals surface area contributed by atoms with E-state index in [1.807, 2.05) is 49.6 Å². The number of rotatable bonds is 11. The van der Waals surface area contributed by atoms with Crippen molar-refractivity contribution in [3.8, 4) is 0 Å². The number of carbonyl (C=O) groups is 2. The number of aliphatic hydroxyl groups excluding tert-OH is 1. The lowest BCUT2D eigenvalue weighted by Crippen LogP contribution is -2.28. The van der Waals surface area contributed by atoms with E-state index in [1.165, 1.54) is 16.9 Å². The van der Waals surface area contributed by atoms with E-state index in [2.05, 4.69) is 39.7 Å². The van der Waals surface area contributed by atoms with Crippen molar-refractivity contribution < 1.29 is 14.7 Å². The van der Waals surface area contributed by atoms with E-state index in [0.717, 1.165) is 40.6 Å². The number of thiazole rings is 1. The summed E-state index contributed by atoms with van der Waals surface area (Å²) in [5.74, 6) is -0.354. The molecular weight excluding hydrogens is 534 g/mol. The molecule has 2 heterocycles. The lowest BCUT2D eigenvalue weighted by Gasteiger charge is -2.16. The molecule has 8 nitrogen and oxygen atoms in total. The van der Waals surface area contributed by atoms with Gasteiger partial charge in [0.25, 0.3) is 11.8 Å². The number of hydrogen-bond donors (Lipinski definition) is 3. The summed E-state index contributed by atoms with van der Waals surface area (Å²) in [4.78, 5) is 35.8. The Labute approximate surface area is 246 Å². The van der Waals surface area contributed by atoms with Crippen LogP contribution in [0.15, 0.2) is 72.1 Å². The van der Waals surface area contributed by atoms with Crippen LogP contribution >= 0.6 is 11.3 Å². The van der Waals surface area contributed by atoms with Crippen LogP contribution in [-0.2, 0) is 19.7 Å². The van der Waals surface area contributed by atoms with Crippen molar-refractivity contribution in [2.45, 2.75) is 46.9 Å². The molecule has 0 aliphatic heterocycles. The molecular formula is C32H39N5O3S. The van der Waals surface area contributed by atoms with Gasteiger partial charge in [0, 0.05) is 48.0 Å². The van der Waals surface area contributed by atoms with Crippen molar-refractivity contribution in [2.24, 2.45) is 0 Å². The number of pyridine rings is 1. The summed E-state index contributed by atoms with van der Waals surface area (Å²) in [6, 6.07) is 20.8. The molecule has 9 heteroatoms. The highest BCUT2D eigenvalue weighted by molar-refractivity contribution is 7.09. The molecule has 0 bridgehead atoms. The molecule has 0 unspecified atom stereocenters. The summed E-state index contributed by atoms with van der Waals surface area (Å²) < 4.78 is 0. The zero-order chi connectivity index (χ0) is 29.6. The van der Waals surface area contributed by atoms with Gasteiger partial charge < -0.3 is 20.6 Å². The molecule has 0 radical (unpaired) electrons. The van der Waals surface area contributed by atoms with Crippen molar-refractivity contribution >= 4 is 23.2 Å². The average molecular weight is 574 g/mol. The number of benzene rings is 2. The third-order valence-electron chi connectivity index (χ3n) is 6.24. The topological polar surface area (TPSA) is 107 Å². The average Bonchev–Trinajstić information content (AvgIpc) is 3.39. The van der Waals surface area contributed by atoms with Gasteiger partial charge in [-0.2, -0.15) is 0 Å². The number of hydrogen-bond acceptors (Lipinski definition) is 7. The minimum Gasteiger partial charge on any atom is -0.392 e. The molecule has 0 aliphatic carbocycles. The van der Waals surface area contributed by atoms with Crippen LogP contribution in [0.4, 0.5) is 0 Å². The fourth-order valence-electron chi connectivity index (χ4n) is 3.94. The van der Waals surface area contributed by atoms with Crippen molar-refractivity contribution in [1.82, 2.24) is 25.5 Å². The third kappa shape index (κ3) is 10.5. The molecule has 0 spiro atoms. The van der Waals surface area contributed by atoms with Gasteiger partial charge in [-0.15, -0.1) is 11.3 Å². The lowest BCUT2D eigenvalue weighted by atomic mass is 10.1. The molecule has 2 aromatic carbocycles. The Kier molecular flexibility index (Phi) is 12.6. The first-order valence-corrected chi connectivity index (χ1v) is 14.5. The molecule has 0 saturated carbocycles. The molecule has 4 rings (SSSR count). The van der Waals surface area contributed by atoms with E-state index in [0.29, 0.717) is 30.8 Å². The minimum absolute atomic E-state index is 0.00758. The van der Waals surface area contributed by atoms with E-state index in [4.69, 9.17) is 0 Å². The lowest BCUT2D eigenvalue weighted by molar-refractivity contribution is 0.0785. The Hall–Kier alpha value is -3.92. The van der Waals surface area contributed by atoms with Crippen LogP contribution in [0.2, 0.25) is 0 Å². The highest BCUT2D eigenvalue weighted by Gasteiger charge is 2.15. The van der Waals surface area contributed by atoms with Crippen molar-refractivity contribution in [2.75, 3.05) is 20.1 Å². The van der Waals surface area contributed by atoms with Gasteiger partial charge in [0.15, 0.2) is 0 Å². The molecule has 216 valence electrons. The second kappa shape index (κ2) is 16.4. The molecule has 0 saturated heterocycles. The van der Waals surface area contributed by atoms with E-state index < -0.39 is 0 Å². The molecule has 2 aromatic heterocycles. The van der Waals surface area contributed by atoms with Gasteiger partial charge in [0.05, 0.1) is 18.8 Å². The van der Waals surface area contributed by atoms with Crippen LogP contribution in [-0.4, -0.2) is 51.9 Å². The molecule has 41 heavy (non-hydrogen) atoms. The summed E-state index contributed by atoms with van der Waals surface area (Å²) in [5.41, 5.74) is 5.77. The Morgan fingerprint density at radius 1 is 0.927 bits per heavy atom. The van der Waals surface area contributed by atoms with Crippen LogP contribution in [0.25, 0.3) is 0 Å². The first-order valence-electron chi connectivity index (χ1n) is 13.6. The predicted molar refractivity (Wildman–Crippen MR) is 164 cm³/mol. The van der Waals surface area contributed by atoms with Crippen molar-refractivity contribution in [3.63, 3.8) is 0 Å². The van der Waals surface area contributed by atoms with Crippen LogP contribution in [0.3, 0.4) is 0 Å². The Morgan fingerprint density at radius 2 is 1.68 bits per heavy atom. The smallest absolute Gasteiger partial charge is 0.253 e. The maximum absolute atomic E-state index is 12.8. The zero-order valence-electron chi connectivity index (χ0n) is 24.2. The Balaban J connectivity index is 0.000000575. The number of nitrogens with zero attached hydrogens (tertiary/aromatic N) is 3. The number of amides is 2. The Bertz CT molecular complexity index is 1410. The minimum atomic E-state index is -0.204. The number of aromatic nitrogens is 2. The summed E-state index contributed by atoms with van der Waals surface area (Å²) in [6.45, 7) is 8.18. The third-order valence-corrected chi connectivity index (χ3v) is 7.19. The van der Waals surface area contributed by atoms with Gasteiger partial charge in [0.2, 0.25) is 0 Å². The number of carbonyl (C=O) groups excluding carboxylic acids is 2. The molecule has 0 fully saturated rings. The van der Waals surface area contributed by atoms with Gasteiger partial charge >= 0.3 is 0 Å². The standard InChI is InChI=1S/C25H31N5O3S.C7H8/c1-17-16-34-23(28-17)14-30(3)25(33)20-7-4-6-19(12-20)24(32)27-11-5-10-26-13-22-9-8-21(15-31)18(2)29-22;1-7-5-3-2-4-6-7/h4,6-9,12,16,26,31H,5,10-11,13-15H2,1-3H3,(H,27,32);2-6H,1H3. The number of aryl methyl sites for hydroxylation is 3. The summed E-state index contributed by atoms with van der Waals surface area (Å²) in [7, 11) is 1.73. The second-order valence-electron chi connectivity index (χ2n) is 9.77. The zero-order valence-corrected chi connectivity index (χ0v) is 25.0. The van der Waals surface area contributed by atoms with Gasteiger partial charge in [0.1, 0.15) is 5.01 Å². The predicted octanol–water partition coefficient (Wildman–Crippen LogP) is 4.82. The van der Waals surface area contributed by atoms with Crippen molar-refractivity contribution in [1.29, 1.82) is 0 Å². The fourth-order valence-corrected chi connectivity index (χ4v) is 4.76. The van der Waals surface area contributed by atoms with Crippen LogP contribution in [0, 0.1) is 20.8 Å². The van der Waals surface area contributed by atoms with Gasteiger partial charge in [-0.25, -0.2) is 4.98 Å². The Morgan fingerprint density at radius 3 is 2.32 bits per heavy atom. The summed E-state index contributed by atoms with van der Waals surface area (Å²) in [5, 5.41) is 18.3. The first kappa shape index (κ1) is 31.6. The SMILES string of the molecule is Cc1ccccc1.Cc1csc(CN(C)C(=O)c2cccc(C(=O)NCCCNCc3ccc(CO)c(C)n3)c2)n1. The maximum Gasteiger partial charge on any atom is 0.253 e. The maximum atomic E-state index is 12.8. The van der Waals surface area contributed by atoms with Gasteiger partial charge in [-0.3, -0.25) is 14.6 Å². The fraction of sp³-hybridized carbons (Fsp3) is 0.312. The molecule has 0 aliphatic rings. The first-order chi connectivity index (χ1) is 19.8. The highest BCUT2D eigenvalue weighted by atomic mass is 32.1. The monoisotopic (exact) mass is 573 g/mol. The molecule has 0 atom stereocenters. The van der Waals surface area contributed by atoms with Crippen LogP contribution < -0.4 is 10.6 Å². The van der Waals surface area contributed by atoms with Crippen LogP contribution in [0.1, 0.15) is 60.4 Å². The van der Waals surface area contributed by atoms with E-state index in [1.54, 1.807) is 36.2 Å². The normalized spacial score (nSPS) is 10.5.